The summed E-state index contributed by atoms with van der Waals surface area (Å²) in [5, 5.41) is 3.12. The van der Waals surface area contributed by atoms with Crippen molar-refractivity contribution in [3.8, 4) is 0 Å². The van der Waals surface area contributed by atoms with Crippen LogP contribution in [-0.4, -0.2) is 27.6 Å². The van der Waals surface area contributed by atoms with E-state index in [1.54, 1.807) is 18.5 Å². The van der Waals surface area contributed by atoms with Crippen molar-refractivity contribution in [3.05, 3.63) is 54.6 Å². The van der Waals surface area contributed by atoms with Crippen molar-refractivity contribution in [1.82, 2.24) is 9.97 Å². The van der Waals surface area contributed by atoms with Crippen LogP contribution in [0.2, 0.25) is 0 Å². The largest absolute Gasteiger partial charge is 0.469 e. The van der Waals surface area contributed by atoms with Crippen molar-refractivity contribution >= 4 is 22.8 Å². The maximum absolute atomic E-state index is 12.6. The van der Waals surface area contributed by atoms with Gasteiger partial charge in [-0.25, -0.2) is 9.78 Å². The third-order valence-electron chi connectivity index (χ3n) is 3.45. The lowest BCUT2D eigenvalue weighted by Crippen LogP contribution is -2.38. The van der Waals surface area contributed by atoms with Crippen molar-refractivity contribution < 1.29 is 13.9 Å². The van der Waals surface area contributed by atoms with E-state index in [0.29, 0.717) is 18.0 Å². The van der Waals surface area contributed by atoms with Crippen molar-refractivity contribution in [1.29, 1.82) is 0 Å². The number of furan rings is 1. The summed E-state index contributed by atoms with van der Waals surface area (Å²) < 4.78 is 10.9. The number of esters is 1. The van der Waals surface area contributed by atoms with Crippen LogP contribution in [0.3, 0.4) is 0 Å². The number of anilines is 1. The fourth-order valence-electron chi connectivity index (χ4n) is 2.40. The zero-order valence-electron chi connectivity index (χ0n) is 14.5. The lowest BCUT2D eigenvalue weighted by Gasteiger charge is -2.24. The number of aromatic nitrogens is 2. The maximum atomic E-state index is 12.6. The number of carbonyl (C=O) groups excluding carboxylic acids is 1. The highest BCUT2D eigenvalue weighted by atomic mass is 16.6. The van der Waals surface area contributed by atoms with E-state index in [1.807, 2.05) is 51.1 Å². The minimum atomic E-state index is -0.624. The topological polar surface area (TPSA) is 77.2 Å². The summed E-state index contributed by atoms with van der Waals surface area (Å²) in [7, 11) is 0. The molecule has 1 aromatic carbocycles. The lowest BCUT2D eigenvalue weighted by atomic mass is 10.1. The van der Waals surface area contributed by atoms with Gasteiger partial charge in [0.15, 0.2) is 0 Å². The fraction of sp³-hybridized carbons (Fsp3) is 0.316. The second-order valence-corrected chi connectivity index (χ2v) is 6.76. The van der Waals surface area contributed by atoms with Gasteiger partial charge in [0, 0.05) is 6.42 Å². The van der Waals surface area contributed by atoms with E-state index < -0.39 is 11.6 Å². The molecular weight excluding hydrogens is 318 g/mol. The van der Waals surface area contributed by atoms with E-state index in [1.165, 1.54) is 0 Å². The van der Waals surface area contributed by atoms with Crippen LogP contribution in [0.1, 0.15) is 26.5 Å². The van der Waals surface area contributed by atoms with Crippen LogP contribution < -0.4 is 5.32 Å². The van der Waals surface area contributed by atoms with Gasteiger partial charge < -0.3 is 14.5 Å². The van der Waals surface area contributed by atoms with Crippen LogP contribution in [0.4, 0.5) is 5.82 Å². The van der Waals surface area contributed by atoms with Gasteiger partial charge in [-0.05, 0) is 45.0 Å². The lowest BCUT2D eigenvalue weighted by molar-refractivity contribution is -0.155. The number of hydrogen-bond acceptors (Lipinski definition) is 6. The highest BCUT2D eigenvalue weighted by Crippen LogP contribution is 2.17. The molecule has 0 saturated carbocycles. The predicted molar refractivity (Wildman–Crippen MR) is 95.2 cm³/mol. The average molecular weight is 339 g/mol. The van der Waals surface area contributed by atoms with Gasteiger partial charge in [-0.1, -0.05) is 12.1 Å². The molecule has 2 aromatic heterocycles. The number of nitrogens with zero attached hydrogens (tertiary/aromatic N) is 2. The van der Waals surface area contributed by atoms with Crippen molar-refractivity contribution in [2.24, 2.45) is 0 Å². The summed E-state index contributed by atoms with van der Waals surface area (Å²) in [6, 6.07) is 10.6. The van der Waals surface area contributed by atoms with E-state index in [-0.39, 0.29) is 5.97 Å². The SMILES string of the molecule is CC(C)(C)OC(=O)C(Cc1ccco1)Nc1cnc2ccccc2n1. The van der Waals surface area contributed by atoms with Gasteiger partial charge in [0.25, 0.3) is 0 Å². The number of fused-ring (bicyclic) bond motifs is 1. The minimum Gasteiger partial charge on any atom is -0.469 e. The molecule has 0 spiro atoms. The number of carbonyl (C=O) groups is 1. The summed E-state index contributed by atoms with van der Waals surface area (Å²) in [4.78, 5) is 21.5. The summed E-state index contributed by atoms with van der Waals surface area (Å²) in [6.45, 7) is 5.51. The third-order valence-corrected chi connectivity index (χ3v) is 3.45. The van der Waals surface area contributed by atoms with Gasteiger partial charge >= 0.3 is 5.97 Å². The Bertz CT molecular complexity index is 854. The Morgan fingerprint density at radius 2 is 1.96 bits per heavy atom. The summed E-state index contributed by atoms with van der Waals surface area (Å²) in [6.07, 6.45) is 3.55. The van der Waals surface area contributed by atoms with Crippen LogP contribution in [0.15, 0.2) is 53.3 Å². The fourth-order valence-corrected chi connectivity index (χ4v) is 2.40. The highest BCUT2D eigenvalue weighted by molar-refractivity contribution is 5.80. The van der Waals surface area contributed by atoms with Crippen LogP contribution in [0.25, 0.3) is 11.0 Å². The first-order chi connectivity index (χ1) is 11.9. The molecule has 2 heterocycles. The predicted octanol–water partition coefficient (Wildman–Crippen LogP) is 3.59. The Hall–Kier alpha value is -2.89. The molecule has 0 aliphatic heterocycles. The molecule has 0 radical (unpaired) electrons. The van der Waals surface area contributed by atoms with Crippen molar-refractivity contribution in [2.75, 3.05) is 5.32 Å². The molecule has 25 heavy (non-hydrogen) atoms. The molecule has 3 aromatic rings. The zero-order chi connectivity index (χ0) is 17.9. The minimum absolute atomic E-state index is 0.358. The summed E-state index contributed by atoms with van der Waals surface area (Å²) in [5.74, 6) is 0.845. The second kappa shape index (κ2) is 6.93. The molecule has 130 valence electrons. The van der Waals surface area contributed by atoms with Crippen LogP contribution in [0.5, 0.6) is 0 Å². The van der Waals surface area contributed by atoms with E-state index >= 15 is 0 Å². The van der Waals surface area contributed by atoms with Crippen molar-refractivity contribution in [3.63, 3.8) is 0 Å². The first-order valence-corrected chi connectivity index (χ1v) is 8.14. The number of hydrogen-bond donors (Lipinski definition) is 1. The maximum Gasteiger partial charge on any atom is 0.329 e. The van der Waals surface area contributed by atoms with E-state index in [0.717, 1.165) is 11.0 Å². The first-order valence-electron chi connectivity index (χ1n) is 8.14. The summed E-state index contributed by atoms with van der Waals surface area (Å²) in [5.41, 5.74) is 0.983. The Kier molecular flexibility index (Phi) is 4.70. The average Bonchev–Trinajstić information content (AvgIpc) is 3.05. The number of ether oxygens (including phenoxy) is 1. The zero-order valence-corrected chi connectivity index (χ0v) is 14.5. The molecule has 0 aliphatic carbocycles. The van der Waals surface area contributed by atoms with Crippen LogP contribution in [-0.2, 0) is 16.0 Å². The molecule has 0 amide bonds. The Labute approximate surface area is 146 Å². The standard InChI is InChI=1S/C19H21N3O3/c1-19(2,3)25-18(23)16(11-13-7-6-10-24-13)22-17-12-20-14-8-4-5-9-15(14)21-17/h4-10,12,16H,11H2,1-3H3,(H,21,22). The molecule has 0 aliphatic rings. The van der Waals surface area contributed by atoms with Gasteiger partial charge in [-0.15, -0.1) is 0 Å². The van der Waals surface area contributed by atoms with Gasteiger partial charge in [0.05, 0.1) is 23.5 Å². The molecule has 0 fully saturated rings. The summed E-state index contributed by atoms with van der Waals surface area (Å²) >= 11 is 0. The van der Waals surface area contributed by atoms with Gasteiger partial charge in [-0.2, -0.15) is 0 Å². The molecule has 3 rings (SSSR count). The number of nitrogens with one attached hydrogen (secondary N) is 1. The van der Waals surface area contributed by atoms with Crippen LogP contribution >= 0.6 is 0 Å². The quantitative estimate of drug-likeness (QED) is 0.716. The molecule has 1 atom stereocenters. The van der Waals surface area contributed by atoms with E-state index in [2.05, 4.69) is 15.3 Å². The first kappa shape index (κ1) is 17.0. The molecule has 6 heteroatoms. The van der Waals surface area contributed by atoms with E-state index in [9.17, 15) is 4.79 Å². The Balaban J connectivity index is 1.83. The van der Waals surface area contributed by atoms with Crippen molar-refractivity contribution in [2.45, 2.75) is 38.8 Å². The van der Waals surface area contributed by atoms with Gasteiger partial charge in [0.2, 0.25) is 0 Å². The molecular formula is C19H21N3O3. The molecule has 1 unspecified atom stereocenters. The number of para-hydroxylation sites is 2. The molecule has 0 saturated heterocycles. The molecule has 0 bridgehead atoms. The van der Waals surface area contributed by atoms with Gasteiger partial charge in [-0.3, -0.25) is 4.98 Å². The third kappa shape index (κ3) is 4.56. The molecule has 6 nitrogen and oxygen atoms in total. The van der Waals surface area contributed by atoms with E-state index in [4.69, 9.17) is 9.15 Å². The number of rotatable bonds is 5. The smallest absolute Gasteiger partial charge is 0.329 e. The monoisotopic (exact) mass is 339 g/mol. The normalized spacial score (nSPS) is 12.8. The Morgan fingerprint density at radius 3 is 2.64 bits per heavy atom. The molecule has 1 N–H and O–H groups in total. The van der Waals surface area contributed by atoms with Gasteiger partial charge in [0.1, 0.15) is 23.2 Å². The number of benzene rings is 1. The Morgan fingerprint density at radius 1 is 1.20 bits per heavy atom. The highest BCUT2D eigenvalue weighted by Gasteiger charge is 2.26. The van der Waals surface area contributed by atoms with Crippen LogP contribution in [0, 0.1) is 0 Å². The second-order valence-electron chi connectivity index (χ2n) is 6.76.